The van der Waals surface area contributed by atoms with E-state index in [2.05, 4.69) is 5.32 Å². The van der Waals surface area contributed by atoms with Crippen LogP contribution in [0.1, 0.15) is 35.7 Å². The van der Waals surface area contributed by atoms with Gasteiger partial charge in [-0.05, 0) is 61.2 Å². The summed E-state index contributed by atoms with van der Waals surface area (Å²) in [5.41, 5.74) is 3.42. The van der Waals surface area contributed by atoms with Gasteiger partial charge in [-0.1, -0.05) is 23.8 Å². The molecule has 33 heavy (non-hydrogen) atoms. The van der Waals surface area contributed by atoms with Gasteiger partial charge in [-0.3, -0.25) is 14.4 Å². The van der Waals surface area contributed by atoms with Crippen molar-refractivity contribution < 1.29 is 14.4 Å². The number of nitrogens with zero attached hydrogens (tertiary/aromatic N) is 2. The lowest BCUT2D eigenvalue weighted by molar-refractivity contribution is -0.122. The van der Waals surface area contributed by atoms with Crippen molar-refractivity contribution in [1.82, 2.24) is 0 Å². The molecular weight excluding hydrogens is 434 g/mol. The second-order valence-electron chi connectivity index (χ2n) is 8.56. The van der Waals surface area contributed by atoms with Gasteiger partial charge < -0.3 is 15.1 Å². The highest BCUT2D eigenvalue weighted by Crippen LogP contribution is 2.43. The smallest absolute Gasteiger partial charge is 0.230 e. The lowest BCUT2D eigenvalue weighted by atomic mass is 9.97. The summed E-state index contributed by atoms with van der Waals surface area (Å²) in [6, 6.07) is 18.8. The van der Waals surface area contributed by atoms with Crippen molar-refractivity contribution >= 4 is 46.1 Å². The number of carbonyl (C=O) groups is 3. The van der Waals surface area contributed by atoms with Gasteiger partial charge in [-0.2, -0.15) is 0 Å². The fourth-order valence-electron chi connectivity index (χ4n) is 4.65. The highest BCUT2D eigenvalue weighted by Gasteiger charge is 2.45. The Morgan fingerprint density at radius 2 is 1.70 bits per heavy atom. The molecule has 2 fully saturated rings. The Hall–Kier alpha value is -3.45. The molecule has 2 atom stereocenters. The van der Waals surface area contributed by atoms with Crippen LogP contribution >= 0.6 is 11.3 Å². The molecule has 0 radical (unpaired) electrons. The van der Waals surface area contributed by atoms with E-state index >= 15 is 0 Å². The van der Waals surface area contributed by atoms with E-state index in [1.165, 1.54) is 0 Å². The van der Waals surface area contributed by atoms with Crippen LogP contribution in [0.25, 0.3) is 0 Å². The van der Waals surface area contributed by atoms with Crippen LogP contribution in [0.2, 0.25) is 0 Å². The Labute approximate surface area is 196 Å². The minimum Gasteiger partial charge on any atom is -0.326 e. The summed E-state index contributed by atoms with van der Waals surface area (Å²) in [7, 11) is 0. The average molecular weight is 460 g/mol. The number of hydrogen-bond donors (Lipinski definition) is 1. The zero-order chi connectivity index (χ0) is 22.9. The molecule has 3 aromatic rings. The van der Waals surface area contributed by atoms with Gasteiger partial charge in [0.1, 0.15) is 0 Å². The van der Waals surface area contributed by atoms with Crippen LogP contribution in [0, 0.1) is 12.8 Å². The highest BCUT2D eigenvalue weighted by molar-refractivity contribution is 7.10. The summed E-state index contributed by atoms with van der Waals surface area (Å²) in [4.78, 5) is 42.9. The predicted molar refractivity (Wildman–Crippen MR) is 130 cm³/mol. The first-order valence-electron chi connectivity index (χ1n) is 11.1. The number of amides is 3. The molecule has 0 bridgehead atoms. The van der Waals surface area contributed by atoms with Crippen molar-refractivity contribution in [2.24, 2.45) is 5.92 Å². The van der Waals surface area contributed by atoms with E-state index in [0.717, 1.165) is 34.8 Å². The zero-order valence-electron chi connectivity index (χ0n) is 18.4. The molecular formula is C26H25N3O3S. The van der Waals surface area contributed by atoms with Crippen molar-refractivity contribution in [3.8, 4) is 0 Å². The second-order valence-corrected chi connectivity index (χ2v) is 9.53. The van der Waals surface area contributed by atoms with Crippen LogP contribution in [0.4, 0.5) is 17.1 Å². The van der Waals surface area contributed by atoms with Gasteiger partial charge in [0.15, 0.2) is 0 Å². The van der Waals surface area contributed by atoms with Crippen LogP contribution in [0.3, 0.4) is 0 Å². The number of aryl methyl sites for hydroxylation is 1. The number of hydrogen-bond acceptors (Lipinski definition) is 4. The molecule has 2 aromatic carbocycles. The summed E-state index contributed by atoms with van der Waals surface area (Å²) >= 11 is 1.56. The van der Waals surface area contributed by atoms with Crippen LogP contribution in [-0.4, -0.2) is 24.3 Å². The Morgan fingerprint density at radius 1 is 0.970 bits per heavy atom. The molecule has 0 unspecified atom stereocenters. The molecule has 1 N–H and O–H groups in total. The van der Waals surface area contributed by atoms with Crippen molar-refractivity contribution in [2.45, 2.75) is 32.2 Å². The standard InChI is InChI=1S/C26H25N3O3S/c1-17-6-10-20(11-7-17)29-24(31)16-21(25(29)22-4-3-15-33-22)26(32)27-18-8-12-19(13-9-18)28-14-2-5-23(28)30/h3-4,6-13,15,21,25H,2,5,14,16H2,1H3,(H,27,32)/t21-,25-/m0/s1. The van der Waals surface area contributed by atoms with E-state index in [-0.39, 0.29) is 30.2 Å². The maximum absolute atomic E-state index is 13.3. The molecule has 2 aliphatic rings. The summed E-state index contributed by atoms with van der Waals surface area (Å²) in [6.07, 6.45) is 1.60. The average Bonchev–Trinajstić information content (AvgIpc) is 3.55. The van der Waals surface area contributed by atoms with Gasteiger partial charge >= 0.3 is 0 Å². The molecule has 0 saturated carbocycles. The van der Waals surface area contributed by atoms with Gasteiger partial charge in [0.05, 0.1) is 12.0 Å². The lowest BCUT2D eigenvalue weighted by Crippen LogP contribution is -2.32. The number of anilines is 3. The Balaban J connectivity index is 1.38. The first kappa shape index (κ1) is 21.4. The number of carbonyl (C=O) groups excluding carboxylic acids is 3. The third-order valence-electron chi connectivity index (χ3n) is 6.33. The first-order chi connectivity index (χ1) is 16.0. The summed E-state index contributed by atoms with van der Waals surface area (Å²) in [5, 5.41) is 4.96. The van der Waals surface area contributed by atoms with E-state index in [0.29, 0.717) is 12.1 Å². The molecule has 5 rings (SSSR count). The maximum atomic E-state index is 13.3. The number of rotatable bonds is 5. The maximum Gasteiger partial charge on any atom is 0.230 e. The Kier molecular flexibility index (Phi) is 5.72. The molecule has 168 valence electrons. The fraction of sp³-hybridized carbons (Fsp3) is 0.269. The van der Waals surface area contributed by atoms with Crippen LogP contribution < -0.4 is 15.1 Å². The highest BCUT2D eigenvalue weighted by atomic mass is 32.1. The van der Waals surface area contributed by atoms with E-state index in [4.69, 9.17) is 0 Å². The van der Waals surface area contributed by atoms with Crippen molar-refractivity contribution in [1.29, 1.82) is 0 Å². The van der Waals surface area contributed by atoms with E-state index in [9.17, 15) is 14.4 Å². The van der Waals surface area contributed by atoms with Crippen molar-refractivity contribution in [3.05, 3.63) is 76.5 Å². The molecule has 2 saturated heterocycles. The van der Waals surface area contributed by atoms with Gasteiger partial charge in [0, 0.05) is 41.3 Å². The van der Waals surface area contributed by atoms with Gasteiger partial charge in [0.2, 0.25) is 17.7 Å². The molecule has 2 aliphatic heterocycles. The quantitative estimate of drug-likeness (QED) is 0.589. The number of nitrogens with one attached hydrogen (secondary N) is 1. The molecule has 3 amide bonds. The van der Waals surface area contributed by atoms with Crippen molar-refractivity contribution in [2.75, 3.05) is 21.7 Å². The molecule has 7 heteroatoms. The van der Waals surface area contributed by atoms with E-state index in [1.807, 2.05) is 73.0 Å². The van der Waals surface area contributed by atoms with Crippen molar-refractivity contribution in [3.63, 3.8) is 0 Å². The van der Waals surface area contributed by atoms with Gasteiger partial charge in [-0.15, -0.1) is 11.3 Å². The number of thiophene rings is 1. The van der Waals surface area contributed by atoms with Gasteiger partial charge in [0.25, 0.3) is 0 Å². The third-order valence-corrected chi connectivity index (χ3v) is 7.27. The molecule has 1 aromatic heterocycles. The summed E-state index contributed by atoms with van der Waals surface area (Å²) in [5.74, 6) is -0.606. The largest absolute Gasteiger partial charge is 0.326 e. The minimum absolute atomic E-state index is 0.0553. The molecule has 3 heterocycles. The van der Waals surface area contributed by atoms with Crippen LogP contribution in [0.5, 0.6) is 0 Å². The third kappa shape index (κ3) is 4.16. The van der Waals surface area contributed by atoms with Crippen LogP contribution in [0.15, 0.2) is 66.0 Å². The Morgan fingerprint density at radius 3 is 2.33 bits per heavy atom. The second kappa shape index (κ2) is 8.83. The monoisotopic (exact) mass is 459 g/mol. The molecule has 6 nitrogen and oxygen atoms in total. The summed E-state index contributed by atoms with van der Waals surface area (Å²) < 4.78 is 0. The Bertz CT molecular complexity index is 1170. The lowest BCUT2D eigenvalue weighted by Gasteiger charge is -2.27. The van der Waals surface area contributed by atoms with Crippen LogP contribution in [-0.2, 0) is 14.4 Å². The normalized spacial score (nSPS) is 20.5. The zero-order valence-corrected chi connectivity index (χ0v) is 19.2. The van der Waals surface area contributed by atoms with E-state index in [1.54, 1.807) is 21.1 Å². The molecule has 0 aliphatic carbocycles. The van der Waals surface area contributed by atoms with Gasteiger partial charge in [-0.25, -0.2) is 0 Å². The predicted octanol–water partition coefficient (Wildman–Crippen LogP) is 4.92. The first-order valence-corrected chi connectivity index (χ1v) is 12.0. The minimum atomic E-state index is -0.503. The fourth-order valence-corrected chi connectivity index (χ4v) is 5.53. The summed E-state index contributed by atoms with van der Waals surface area (Å²) in [6.45, 7) is 2.74. The SMILES string of the molecule is Cc1ccc(N2C(=O)C[C@H](C(=O)Nc3ccc(N4CCCC4=O)cc3)[C@H]2c2cccs2)cc1. The number of benzene rings is 2. The van der Waals surface area contributed by atoms with E-state index < -0.39 is 5.92 Å². The topological polar surface area (TPSA) is 69.7 Å². The molecule has 0 spiro atoms.